The third-order valence-corrected chi connectivity index (χ3v) is 2.90. The SMILES string of the molecule is C.CC(C)(C)OC(=O)CCCOc1ccncc1.NCCOc1ccncc1. The van der Waals surface area contributed by atoms with Crippen LogP contribution in [-0.2, 0) is 9.53 Å². The lowest BCUT2D eigenvalue weighted by atomic mass is 10.2. The first-order valence-electron chi connectivity index (χ1n) is 8.88. The molecule has 0 bridgehead atoms. The van der Waals surface area contributed by atoms with Gasteiger partial charge in [0.25, 0.3) is 0 Å². The first-order valence-corrected chi connectivity index (χ1v) is 8.88. The van der Waals surface area contributed by atoms with Gasteiger partial charge in [0.1, 0.15) is 23.7 Å². The number of rotatable bonds is 8. The predicted octanol–water partition coefficient (Wildman–Crippen LogP) is 3.64. The van der Waals surface area contributed by atoms with Crippen molar-refractivity contribution in [2.45, 2.75) is 46.6 Å². The van der Waals surface area contributed by atoms with Gasteiger partial charge in [0.2, 0.25) is 0 Å². The molecule has 0 amide bonds. The van der Waals surface area contributed by atoms with Crippen molar-refractivity contribution in [2.75, 3.05) is 19.8 Å². The van der Waals surface area contributed by atoms with Gasteiger partial charge in [-0.2, -0.15) is 0 Å². The molecule has 0 spiro atoms. The van der Waals surface area contributed by atoms with Crippen LogP contribution in [0.15, 0.2) is 49.1 Å². The molecule has 156 valence electrons. The Morgan fingerprint density at radius 1 is 0.929 bits per heavy atom. The van der Waals surface area contributed by atoms with Crippen LogP contribution < -0.4 is 15.2 Å². The summed E-state index contributed by atoms with van der Waals surface area (Å²) in [6, 6.07) is 7.17. The van der Waals surface area contributed by atoms with Crippen molar-refractivity contribution in [2.24, 2.45) is 5.73 Å². The molecule has 28 heavy (non-hydrogen) atoms. The normalized spacial score (nSPS) is 10.0. The Morgan fingerprint density at radius 2 is 1.39 bits per heavy atom. The molecule has 2 aromatic rings. The van der Waals surface area contributed by atoms with Gasteiger partial charge in [-0.25, -0.2) is 0 Å². The Morgan fingerprint density at radius 3 is 1.82 bits per heavy atom. The number of pyridine rings is 2. The molecule has 0 unspecified atom stereocenters. The van der Waals surface area contributed by atoms with Crippen molar-refractivity contribution < 1.29 is 19.0 Å². The van der Waals surface area contributed by atoms with Gasteiger partial charge in [0.15, 0.2) is 0 Å². The van der Waals surface area contributed by atoms with Crippen molar-refractivity contribution in [3.63, 3.8) is 0 Å². The van der Waals surface area contributed by atoms with E-state index in [9.17, 15) is 4.79 Å². The number of carbonyl (C=O) groups is 1. The van der Waals surface area contributed by atoms with Crippen LogP contribution in [0.1, 0.15) is 41.0 Å². The third-order valence-electron chi connectivity index (χ3n) is 2.90. The lowest BCUT2D eigenvalue weighted by Gasteiger charge is -2.19. The minimum absolute atomic E-state index is 0. The Bertz CT molecular complexity index is 631. The van der Waals surface area contributed by atoms with Gasteiger partial charge in [-0.15, -0.1) is 0 Å². The largest absolute Gasteiger partial charge is 0.493 e. The first kappa shape index (κ1) is 25.3. The smallest absolute Gasteiger partial charge is 0.306 e. The fraction of sp³-hybridized carbons (Fsp3) is 0.476. The number of aromatic nitrogens is 2. The zero-order valence-corrected chi connectivity index (χ0v) is 16.3. The second-order valence-corrected chi connectivity index (χ2v) is 6.54. The molecule has 0 aromatic carbocycles. The summed E-state index contributed by atoms with van der Waals surface area (Å²) in [6.07, 6.45) is 7.74. The maximum Gasteiger partial charge on any atom is 0.306 e. The van der Waals surface area contributed by atoms with Crippen LogP contribution in [0.2, 0.25) is 0 Å². The van der Waals surface area contributed by atoms with Crippen LogP contribution in [0.5, 0.6) is 11.5 Å². The zero-order chi connectivity index (χ0) is 20.0. The topological polar surface area (TPSA) is 96.6 Å². The van der Waals surface area contributed by atoms with E-state index < -0.39 is 5.60 Å². The lowest BCUT2D eigenvalue weighted by molar-refractivity contribution is -0.155. The summed E-state index contributed by atoms with van der Waals surface area (Å²) >= 11 is 0. The molecular formula is C21H33N3O4. The van der Waals surface area contributed by atoms with Crippen LogP contribution in [0.25, 0.3) is 0 Å². The number of ether oxygens (including phenoxy) is 3. The van der Waals surface area contributed by atoms with E-state index in [1.807, 2.05) is 20.8 Å². The molecule has 0 radical (unpaired) electrons. The lowest BCUT2D eigenvalue weighted by Crippen LogP contribution is -2.23. The number of nitrogens with two attached hydrogens (primary N) is 1. The van der Waals surface area contributed by atoms with Gasteiger partial charge in [-0.05, 0) is 51.5 Å². The van der Waals surface area contributed by atoms with E-state index in [0.717, 1.165) is 11.5 Å². The highest BCUT2D eigenvalue weighted by Gasteiger charge is 2.15. The fourth-order valence-electron chi connectivity index (χ4n) is 1.84. The average Bonchev–Trinajstić information content (AvgIpc) is 2.64. The summed E-state index contributed by atoms with van der Waals surface area (Å²) < 4.78 is 15.8. The number of hydrogen-bond acceptors (Lipinski definition) is 7. The van der Waals surface area contributed by atoms with Crippen molar-refractivity contribution >= 4 is 5.97 Å². The zero-order valence-electron chi connectivity index (χ0n) is 16.3. The molecule has 0 aliphatic rings. The van der Waals surface area contributed by atoms with Gasteiger partial charge in [0.05, 0.1) is 6.61 Å². The molecule has 2 rings (SSSR count). The van der Waals surface area contributed by atoms with Gasteiger partial charge in [-0.1, -0.05) is 7.43 Å². The molecule has 2 heterocycles. The summed E-state index contributed by atoms with van der Waals surface area (Å²) in [5.74, 6) is 1.40. The van der Waals surface area contributed by atoms with Crippen LogP contribution in [0.4, 0.5) is 0 Å². The second-order valence-electron chi connectivity index (χ2n) is 6.54. The fourth-order valence-corrected chi connectivity index (χ4v) is 1.84. The molecule has 7 nitrogen and oxygen atoms in total. The van der Waals surface area contributed by atoms with E-state index in [1.54, 1.807) is 49.1 Å². The molecule has 7 heteroatoms. The molecule has 0 aliphatic heterocycles. The van der Waals surface area contributed by atoms with Crippen LogP contribution in [-0.4, -0.2) is 41.3 Å². The highest BCUT2D eigenvalue weighted by atomic mass is 16.6. The van der Waals surface area contributed by atoms with E-state index in [1.165, 1.54) is 0 Å². The minimum atomic E-state index is -0.414. The summed E-state index contributed by atoms with van der Waals surface area (Å²) in [6.45, 7) is 7.19. The molecule has 2 aromatic heterocycles. The summed E-state index contributed by atoms with van der Waals surface area (Å²) in [7, 11) is 0. The molecule has 0 aliphatic carbocycles. The molecule has 0 saturated carbocycles. The Kier molecular flexibility index (Phi) is 13.0. The van der Waals surface area contributed by atoms with Gasteiger partial charge in [0, 0.05) is 37.8 Å². The quantitative estimate of drug-likeness (QED) is 0.542. The Balaban J connectivity index is 0.000000567. The Labute approximate surface area is 168 Å². The van der Waals surface area contributed by atoms with E-state index in [0.29, 0.717) is 32.6 Å². The summed E-state index contributed by atoms with van der Waals surface area (Å²) in [4.78, 5) is 19.1. The number of carbonyl (C=O) groups excluding carboxylic acids is 1. The van der Waals surface area contributed by atoms with Crippen molar-refractivity contribution in [1.82, 2.24) is 9.97 Å². The molecule has 0 saturated heterocycles. The van der Waals surface area contributed by atoms with Gasteiger partial charge >= 0.3 is 5.97 Å². The second kappa shape index (κ2) is 14.4. The van der Waals surface area contributed by atoms with Gasteiger partial charge < -0.3 is 19.9 Å². The van der Waals surface area contributed by atoms with Crippen LogP contribution in [0.3, 0.4) is 0 Å². The predicted molar refractivity (Wildman–Crippen MR) is 110 cm³/mol. The maximum absolute atomic E-state index is 11.4. The minimum Gasteiger partial charge on any atom is -0.493 e. The Hall–Kier alpha value is -2.67. The van der Waals surface area contributed by atoms with Crippen molar-refractivity contribution in [1.29, 1.82) is 0 Å². The molecular weight excluding hydrogens is 358 g/mol. The maximum atomic E-state index is 11.4. The first-order chi connectivity index (χ1) is 12.9. The summed E-state index contributed by atoms with van der Waals surface area (Å²) in [5, 5.41) is 0. The average molecular weight is 392 g/mol. The molecule has 0 atom stereocenters. The number of hydrogen-bond donors (Lipinski definition) is 1. The molecule has 0 fully saturated rings. The van der Waals surface area contributed by atoms with E-state index in [-0.39, 0.29) is 13.4 Å². The van der Waals surface area contributed by atoms with Crippen molar-refractivity contribution in [3.8, 4) is 11.5 Å². The van der Waals surface area contributed by atoms with E-state index in [2.05, 4.69) is 9.97 Å². The third kappa shape index (κ3) is 13.5. The molecule has 2 N–H and O–H groups in total. The van der Waals surface area contributed by atoms with Gasteiger partial charge in [-0.3, -0.25) is 14.8 Å². The number of nitrogens with zero attached hydrogens (tertiary/aromatic N) is 2. The highest BCUT2D eigenvalue weighted by molar-refractivity contribution is 5.69. The highest BCUT2D eigenvalue weighted by Crippen LogP contribution is 2.10. The van der Waals surface area contributed by atoms with Crippen LogP contribution >= 0.6 is 0 Å². The summed E-state index contributed by atoms with van der Waals surface area (Å²) in [5.41, 5.74) is 4.82. The van der Waals surface area contributed by atoms with Crippen molar-refractivity contribution in [3.05, 3.63) is 49.1 Å². The number of esters is 1. The van der Waals surface area contributed by atoms with Crippen LogP contribution in [0, 0.1) is 0 Å². The van der Waals surface area contributed by atoms with E-state index >= 15 is 0 Å². The standard InChI is InChI=1S/C13H19NO3.C7H10N2O.CH4/c1-13(2,3)17-12(15)5-4-10-16-11-6-8-14-9-7-11;8-3-6-10-7-1-4-9-5-2-7;/h6-9H,4-5,10H2,1-3H3;1-2,4-5H,3,6,8H2;1H4. The van der Waals surface area contributed by atoms with E-state index in [4.69, 9.17) is 19.9 Å². The monoisotopic (exact) mass is 391 g/mol.